The number of aliphatic carboxylic acids is 1. The second-order valence-corrected chi connectivity index (χ2v) is 9.02. The molecule has 1 unspecified atom stereocenters. The van der Waals surface area contributed by atoms with Crippen LogP contribution < -0.4 is 29.6 Å². The third-order valence-electron chi connectivity index (χ3n) is 1.67. The molecule has 0 heterocycles. The first-order valence-electron chi connectivity index (χ1n) is 3.08. The number of carboxylic acid groups (broad SMARTS) is 1. The predicted octanol–water partition coefficient (Wildman–Crippen LogP) is -1.08. The first-order valence-corrected chi connectivity index (χ1v) is 6.66. The SMILES string of the molecule is CC(C(=O)O)[Si](C)(C)C.[H-].[Na+]. The van der Waals surface area contributed by atoms with Crippen LogP contribution in [0.25, 0.3) is 0 Å². The molecule has 0 amide bonds. The maximum absolute atomic E-state index is 10.4. The zero-order valence-electron chi connectivity index (χ0n) is 8.43. The van der Waals surface area contributed by atoms with Crippen LogP contribution in [0.4, 0.5) is 0 Å². The van der Waals surface area contributed by atoms with E-state index in [1.165, 1.54) is 0 Å². The van der Waals surface area contributed by atoms with Crippen LogP contribution in [0.3, 0.4) is 0 Å². The van der Waals surface area contributed by atoms with Gasteiger partial charge in [-0.15, -0.1) is 0 Å². The zero-order chi connectivity index (χ0) is 7.65. The van der Waals surface area contributed by atoms with Gasteiger partial charge >= 0.3 is 35.5 Å². The van der Waals surface area contributed by atoms with Gasteiger partial charge in [0.05, 0.1) is 8.07 Å². The fourth-order valence-electron chi connectivity index (χ4n) is 0.370. The Kier molecular flexibility index (Phi) is 6.04. The van der Waals surface area contributed by atoms with Crippen molar-refractivity contribution in [2.45, 2.75) is 32.1 Å². The number of carboxylic acids is 1. The normalized spacial score (nSPS) is 13.6. The molecule has 0 aliphatic rings. The molecule has 0 bridgehead atoms. The maximum atomic E-state index is 10.4. The molecule has 2 nitrogen and oxygen atoms in total. The van der Waals surface area contributed by atoms with Gasteiger partial charge in [-0.3, -0.25) is 4.79 Å². The van der Waals surface area contributed by atoms with Crippen molar-refractivity contribution in [2.75, 3.05) is 0 Å². The molecule has 0 aromatic heterocycles. The molecule has 1 N–H and O–H groups in total. The van der Waals surface area contributed by atoms with Crippen LogP contribution in [0.2, 0.25) is 25.2 Å². The average molecular weight is 170 g/mol. The Bertz CT molecular complexity index is 124. The second-order valence-electron chi connectivity index (χ2n) is 3.43. The molecule has 0 saturated carbocycles. The topological polar surface area (TPSA) is 37.3 Å². The van der Waals surface area contributed by atoms with Crippen LogP contribution >= 0.6 is 0 Å². The summed E-state index contributed by atoms with van der Waals surface area (Å²) in [4.78, 5) is 10.4. The summed E-state index contributed by atoms with van der Waals surface area (Å²) in [7, 11) is -1.42. The Balaban J connectivity index is -0.000000320. The second kappa shape index (κ2) is 4.54. The Hall–Kier alpha value is 0.687. The molecule has 0 aromatic rings. The number of carbonyl (C=O) groups is 1. The van der Waals surface area contributed by atoms with Gasteiger partial charge in [0.15, 0.2) is 0 Å². The molecule has 0 spiro atoms. The fraction of sp³-hybridized carbons (Fsp3) is 0.833. The third kappa shape index (κ3) is 4.49. The predicted molar refractivity (Wildman–Crippen MR) is 41.5 cm³/mol. The molecule has 0 radical (unpaired) electrons. The molecule has 0 rings (SSSR count). The molecule has 10 heavy (non-hydrogen) atoms. The van der Waals surface area contributed by atoms with Crippen LogP contribution in [-0.2, 0) is 4.79 Å². The van der Waals surface area contributed by atoms with Gasteiger partial charge in [0.25, 0.3) is 0 Å². The van der Waals surface area contributed by atoms with Gasteiger partial charge in [0, 0.05) is 5.54 Å². The van der Waals surface area contributed by atoms with Gasteiger partial charge in [-0.2, -0.15) is 0 Å². The number of rotatable bonds is 2. The largest absolute Gasteiger partial charge is 1.00 e. The van der Waals surface area contributed by atoms with E-state index < -0.39 is 14.0 Å². The van der Waals surface area contributed by atoms with Gasteiger partial charge in [0.2, 0.25) is 0 Å². The Morgan fingerprint density at radius 3 is 1.80 bits per heavy atom. The van der Waals surface area contributed by atoms with E-state index in [9.17, 15) is 4.79 Å². The van der Waals surface area contributed by atoms with Crippen LogP contribution in [0.1, 0.15) is 8.35 Å². The molecular formula is C6H15NaO2Si. The molecule has 0 saturated heterocycles. The monoisotopic (exact) mass is 170 g/mol. The van der Waals surface area contributed by atoms with E-state index in [1.807, 2.05) is 0 Å². The maximum Gasteiger partial charge on any atom is 1.00 e. The van der Waals surface area contributed by atoms with E-state index in [4.69, 9.17) is 5.11 Å². The Morgan fingerprint density at radius 2 is 1.80 bits per heavy atom. The summed E-state index contributed by atoms with van der Waals surface area (Å²) >= 11 is 0. The minimum atomic E-state index is -1.42. The number of hydrogen-bond donors (Lipinski definition) is 1. The van der Waals surface area contributed by atoms with E-state index in [0.29, 0.717) is 0 Å². The van der Waals surface area contributed by atoms with Gasteiger partial charge < -0.3 is 6.53 Å². The smallest absolute Gasteiger partial charge is 1.00 e. The van der Waals surface area contributed by atoms with E-state index in [1.54, 1.807) is 6.92 Å². The first kappa shape index (κ1) is 13.3. The van der Waals surface area contributed by atoms with Gasteiger partial charge in [-0.05, 0) is 0 Å². The first-order chi connectivity index (χ1) is 3.85. The quantitative estimate of drug-likeness (QED) is 0.535. The number of hydrogen-bond acceptors (Lipinski definition) is 1. The molecule has 0 aliphatic carbocycles. The molecule has 4 heteroatoms. The summed E-state index contributed by atoms with van der Waals surface area (Å²) < 4.78 is 0. The van der Waals surface area contributed by atoms with Crippen molar-refractivity contribution in [3.8, 4) is 0 Å². The van der Waals surface area contributed by atoms with Crippen molar-refractivity contribution in [1.82, 2.24) is 0 Å². The van der Waals surface area contributed by atoms with Crippen LogP contribution in [0.5, 0.6) is 0 Å². The van der Waals surface area contributed by atoms with Crippen molar-refractivity contribution in [1.29, 1.82) is 0 Å². The van der Waals surface area contributed by atoms with E-state index in [-0.39, 0.29) is 36.5 Å². The van der Waals surface area contributed by atoms with Crippen molar-refractivity contribution < 1.29 is 40.9 Å². The van der Waals surface area contributed by atoms with Crippen molar-refractivity contribution in [3.05, 3.63) is 0 Å². The summed E-state index contributed by atoms with van der Waals surface area (Å²) in [5.74, 6) is -0.658. The molecule has 56 valence electrons. The van der Waals surface area contributed by atoms with E-state index in [0.717, 1.165) is 0 Å². The summed E-state index contributed by atoms with van der Waals surface area (Å²) in [6, 6.07) is 0. The van der Waals surface area contributed by atoms with Gasteiger partial charge in [0.1, 0.15) is 0 Å². The molecular weight excluding hydrogens is 155 g/mol. The van der Waals surface area contributed by atoms with Crippen LogP contribution in [0, 0.1) is 0 Å². The van der Waals surface area contributed by atoms with Crippen molar-refractivity contribution in [2.24, 2.45) is 0 Å². The molecule has 1 atom stereocenters. The minimum Gasteiger partial charge on any atom is -1.00 e. The van der Waals surface area contributed by atoms with Crippen molar-refractivity contribution >= 4 is 14.0 Å². The summed E-state index contributed by atoms with van der Waals surface area (Å²) in [6.45, 7) is 7.97. The Labute approximate surface area is 86.8 Å². The van der Waals surface area contributed by atoms with Gasteiger partial charge in [-0.1, -0.05) is 26.6 Å². The Morgan fingerprint density at radius 1 is 1.50 bits per heavy atom. The summed E-state index contributed by atoms with van der Waals surface area (Å²) in [5.41, 5.74) is -0.127. The molecule has 0 aliphatic heterocycles. The standard InChI is InChI=1S/C6H14O2Si.Na.H/c1-5(6(7)8)9(2,3)4;;/h5H,1-4H3,(H,7,8);;/q;+1;-1. The molecule has 0 aromatic carbocycles. The third-order valence-corrected chi connectivity index (χ3v) is 4.51. The van der Waals surface area contributed by atoms with Gasteiger partial charge in [-0.25, -0.2) is 0 Å². The minimum absolute atomic E-state index is 0. The fourth-order valence-corrected chi connectivity index (χ4v) is 1.11. The van der Waals surface area contributed by atoms with E-state index >= 15 is 0 Å². The summed E-state index contributed by atoms with van der Waals surface area (Å²) in [5, 5.41) is 8.55. The van der Waals surface area contributed by atoms with Crippen molar-refractivity contribution in [3.63, 3.8) is 0 Å². The average Bonchev–Trinajstić information content (AvgIpc) is 1.62. The van der Waals surface area contributed by atoms with Crippen LogP contribution in [-0.4, -0.2) is 19.1 Å². The van der Waals surface area contributed by atoms with Crippen LogP contribution in [0.15, 0.2) is 0 Å². The summed E-state index contributed by atoms with van der Waals surface area (Å²) in [6.07, 6.45) is 0. The zero-order valence-corrected chi connectivity index (χ0v) is 10.4. The van der Waals surface area contributed by atoms with E-state index in [2.05, 4.69) is 19.6 Å². The molecule has 0 fully saturated rings.